The molecule has 1 aromatic carbocycles. The Morgan fingerprint density at radius 3 is 2.62 bits per heavy atom. The van der Waals surface area contributed by atoms with Crippen molar-refractivity contribution in [1.29, 1.82) is 5.26 Å². The molecular formula is C14H17NO. The summed E-state index contributed by atoms with van der Waals surface area (Å²) in [6.07, 6.45) is 6.35. The van der Waals surface area contributed by atoms with Crippen LogP contribution in [0.15, 0.2) is 24.3 Å². The molecule has 0 spiro atoms. The first-order chi connectivity index (χ1) is 7.74. The second-order valence-corrected chi connectivity index (χ2v) is 4.80. The summed E-state index contributed by atoms with van der Waals surface area (Å²) in [5, 5.41) is 18.8. The van der Waals surface area contributed by atoms with Crippen LogP contribution in [0.3, 0.4) is 0 Å². The van der Waals surface area contributed by atoms with Crippen LogP contribution in [0.25, 0.3) is 0 Å². The van der Waals surface area contributed by atoms with Gasteiger partial charge in [0.15, 0.2) is 0 Å². The average molecular weight is 215 g/mol. The van der Waals surface area contributed by atoms with E-state index < -0.39 is 0 Å². The van der Waals surface area contributed by atoms with Crippen LogP contribution >= 0.6 is 0 Å². The maximum Gasteiger partial charge on any atom is 0.115 e. The highest BCUT2D eigenvalue weighted by molar-refractivity contribution is 5.29. The van der Waals surface area contributed by atoms with Crippen LogP contribution in [-0.4, -0.2) is 5.11 Å². The molecule has 2 rings (SSSR count). The Hall–Kier alpha value is -1.49. The Labute approximate surface area is 96.5 Å². The molecule has 2 nitrogen and oxygen atoms in total. The Bertz CT molecular complexity index is 399. The number of aromatic hydroxyl groups is 1. The van der Waals surface area contributed by atoms with E-state index in [-0.39, 0.29) is 5.41 Å². The van der Waals surface area contributed by atoms with Crippen LogP contribution in [0.1, 0.15) is 37.7 Å². The Balaban J connectivity index is 2.15. The zero-order valence-corrected chi connectivity index (χ0v) is 9.45. The molecule has 0 aromatic heterocycles. The van der Waals surface area contributed by atoms with Crippen molar-refractivity contribution in [3.8, 4) is 11.8 Å². The summed E-state index contributed by atoms with van der Waals surface area (Å²) >= 11 is 0. The lowest BCUT2D eigenvalue weighted by molar-refractivity contribution is 0.265. The fourth-order valence-electron chi connectivity index (χ4n) is 2.61. The highest BCUT2D eigenvalue weighted by Crippen LogP contribution is 2.38. The highest BCUT2D eigenvalue weighted by atomic mass is 16.3. The van der Waals surface area contributed by atoms with Crippen molar-refractivity contribution in [1.82, 2.24) is 0 Å². The van der Waals surface area contributed by atoms with E-state index in [0.29, 0.717) is 5.75 Å². The van der Waals surface area contributed by atoms with Gasteiger partial charge < -0.3 is 5.11 Å². The summed E-state index contributed by atoms with van der Waals surface area (Å²) in [5.41, 5.74) is 0.884. The van der Waals surface area contributed by atoms with Gasteiger partial charge in [-0.1, -0.05) is 31.4 Å². The molecule has 0 atom stereocenters. The molecule has 1 aliphatic rings. The predicted molar refractivity (Wildman–Crippen MR) is 62.9 cm³/mol. The van der Waals surface area contributed by atoms with Gasteiger partial charge in [0, 0.05) is 0 Å². The zero-order valence-electron chi connectivity index (χ0n) is 9.45. The van der Waals surface area contributed by atoms with Gasteiger partial charge in [-0.25, -0.2) is 0 Å². The van der Waals surface area contributed by atoms with E-state index in [1.165, 1.54) is 6.42 Å². The minimum atomic E-state index is -0.188. The monoisotopic (exact) mass is 215 g/mol. The minimum absolute atomic E-state index is 0.188. The van der Waals surface area contributed by atoms with E-state index in [0.717, 1.165) is 37.7 Å². The molecule has 1 fully saturated rings. The molecule has 1 aliphatic carbocycles. The summed E-state index contributed by atoms with van der Waals surface area (Å²) in [6, 6.07) is 9.78. The molecule has 0 unspecified atom stereocenters. The van der Waals surface area contributed by atoms with Gasteiger partial charge >= 0.3 is 0 Å². The first kappa shape index (κ1) is 11.0. The average Bonchev–Trinajstić information content (AvgIpc) is 2.30. The Morgan fingerprint density at radius 2 is 2.00 bits per heavy atom. The van der Waals surface area contributed by atoms with Gasteiger partial charge in [0.1, 0.15) is 5.75 Å². The number of hydrogen-bond acceptors (Lipinski definition) is 2. The van der Waals surface area contributed by atoms with Crippen molar-refractivity contribution in [3.05, 3.63) is 29.8 Å². The molecule has 16 heavy (non-hydrogen) atoms. The number of hydrogen-bond donors (Lipinski definition) is 1. The second-order valence-electron chi connectivity index (χ2n) is 4.80. The third-order valence-corrected chi connectivity index (χ3v) is 3.50. The van der Waals surface area contributed by atoms with Gasteiger partial charge in [-0.15, -0.1) is 0 Å². The fourth-order valence-corrected chi connectivity index (χ4v) is 2.61. The Morgan fingerprint density at radius 1 is 1.25 bits per heavy atom. The quantitative estimate of drug-likeness (QED) is 0.821. The van der Waals surface area contributed by atoms with Gasteiger partial charge in [-0.3, -0.25) is 0 Å². The molecule has 0 saturated heterocycles. The first-order valence-electron chi connectivity index (χ1n) is 5.93. The van der Waals surface area contributed by atoms with E-state index in [1.807, 2.05) is 12.1 Å². The first-order valence-corrected chi connectivity index (χ1v) is 5.93. The molecule has 0 heterocycles. The van der Waals surface area contributed by atoms with Gasteiger partial charge in [0.05, 0.1) is 11.5 Å². The molecule has 84 valence electrons. The van der Waals surface area contributed by atoms with Crippen molar-refractivity contribution in [3.63, 3.8) is 0 Å². The number of benzene rings is 1. The lowest BCUT2D eigenvalue weighted by atomic mass is 9.71. The molecule has 0 bridgehead atoms. The second kappa shape index (κ2) is 4.57. The number of rotatable bonds is 2. The van der Waals surface area contributed by atoms with Gasteiger partial charge in [0.2, 0.25) is 0 Å². The number of phenolic OH excluding ortho intramolecular Hbond substituents is 1. The summed E-state index contributed by atoms with van der Waals surface area (Å²) in [7, 11) is 0. The SMILES string of the molecule is N#CC1(Cc2cccc(O)c2)CCCCC1. The summed E-state index contributed by atoms with van der Waals surface area (Å²) in [5.74, 6) is 0.293. The van der Waals surface area contributed by atoms with Crippen molar-refractivity contribution in [2.75, 3.05) is 0 Å². The summed E-state index contributed by atoms with van der Waals surface area (Å²) in [4.78, 5) is 0. The third-order valence-electron chi connectivity index (χ3n) is 3.50. The van der Waals surface area contributed by atoms with E-state index >= 15 is 0 Å². The van der Waals surface area contributed by atoms with Crippen molar-refractivity contribution in [2.45, 2.75) is 38.5 Å². The predicted octanol–water partition coefficient (Wildman–Crippen LogP) is 3.41. The van der Waals surface area contributed by atoms with Crippen molar-refractivity contribution in [2.24, 2.45) is 5.41 Å². The third kappa shape index (κ3) is 2.36. The smallest absolute Gasteiger partial charge is 0.115 e. The topological polar surface area (TPSA) is 44.0 Å². The number of nitrogens with zero attached hydrogens (tertiary/aromatic N) is 1. The molecular weight excluding hydrogens is 198 g/mol. The van der Waals surface area contributed by atoms with Crippen LogP contribution in [0.2, 0.25) is 0 Å². The van der Waals surface area contributed by atoms with Crippen LogP contribution in [-0.2, 0) is 6.42 Å². The molecule has 0 radical (unpaired) electrons. The fraction of sp³-hybridized carbons (Fsp3) is 0.500. The van der Waals surface area contributed by atoms with E-state index in [2.05, 4.69) is 6.07 Å². The maximum absolute atomic E-state index is 9.42. The van der Waals surface area contributed by atoms with Crippen molar-refractivity contribution < 1.29 is 5.11 Å². The number of phenols is 1. The minimum Gasteiger partial charge on any atom is -0.508 e. The molecule has 0 amide bonds. The highest BCUT2D eigenvalue weighted by Gasteiger charge is 2.32. The van der Waals surface area contributed by atoms with Crippen molar-refractivity contribution >= 4 is 0 Å². The van der Waals surface area contributed by atoms with E-state index in [4.69, 9.17) is 0 Å². The lowest BCUT2D eigenvalue weighted by Crippen LogP contribution is -2.24. The lowest BCUT2D eigenvalue weighted by Gasteiger charge is -2.30. The van der Waals surface area contributed by atoms with E-state index in [9.17, 15) is 10.4 Å². The standard InChI is InChI=1S/C14H17NO/c15-11-14(7-2-1-3-8-14)10-12-5-4-6-13(16)9-12/h4-6,9,16H,1-3,7-8,10H2. The van der Waals surface area contributed by atoms with Gasteiger partial charge in [-0.2, -0.15) is 5.26 Å². The largest absolute Gasteiger partial charge is 0.508 e. The summed E-state index contributed by atoms with van der Waals surface area (Å²) < 4.78 is 0. The normalized spacial score (nSPS) is 18.9. The summed E-state index contributed by atoms with van der Waals surface area (Å²) in [6.45, 7) is 0. The molecule has 1 aromatic rings. The molecule has 1 saturated carbocycles. The van der Waals surface area contributed by atoms with Gasteiger partial charge in [-0.05, 0) is 37.0 Å². The Kier molecular flexibility index (Phi) is 3.14. The molecule has 0 aliphatic heterocycles. The van der Waals surface area contributed by atoms with E-state index in [1.54, 1.807) is 12.1 Å². The maximum atomic E-state index is 9.42. The van der Waals surface area contributed by atoms with Crippen LogP contribution in [0.4, 0.5) is 0 Å². The number of nitriles is 1. The van der Waals surface area contributed by atoms with Crippen LogP contribution in [0.5, 0.6) is 5.75 Å². The van der Waals surface area contributed by atoms with Gasteiger partial charge in [0.25, 0.3) is 0 Å². The molecule has 2 heteroatoms. The zero-order chi connectivity index (χ0) is 11.4. The molecule has 1 N–H and O–H groups in total. The van der Waals surface area contributed by atoms with Crippen LogP contribution in [0, 0.1) is 16.7 Å². The van der Waals surface area contributed by atoms with Crippen LogP contribution < -0.4 is 0 Å².